The molecule has 19 heavy (non-hydrogen) atoms. The van der Waals surface area contributed by atoms with Crippen molar-refractivity contribution in [3.05, 3.63) is 0 Å². The molecule has 0 spiro atoms. The van der Waals surface area contributed by atoms with Gasteiger partial charge in [0.15, 0.2) is 0 Å². The van der Waals surface area contributed by atoms with Crippen LogP contribution in [0.4, 0.5) is 0 Å². The summed E-state index contributed by atoms with van der Waals surface area (Å²) >= 11 is 0. The van der Waals surface area contributed by atoms with E-state index >= 15 is 0 Å². The van der Waals surface area contributed by atoms with Gasteiger partial charge in [0.2, 0.25) is 0 Å². The quantitative estimate of drug-likeness (QED) is 0.450. The Hall–Kier alpha value is 3.07. The summed E-state index contributed by atoms with van der Waals surface area (Å²) in [5.41, 5.74) is 0. The van der Waals surface area contributed by atoms with Crippen LogP contribution in [-0.2, 0) is 0 Å². The molecular weight excluding hydrogens is 302 g/mol. The summed E-state index contributed by atoms with van der Waals surface area (Å²) in [5.74, 6) is 1.32. The van der Waals surface area contributed by atoms with Crippen LogP contribution in [0.15, 0.2) is 0 Å². The Kier molecular flexibility index (Phi) is 84.9. The van der Waals surface area contributed by atoms with E-state index < -0.39 is 0 Å². The molecule has 0 aromatic rings. The fraction of sp³-hybridized carbons (Fsp3) is 1.00. The van der Waals surface area contributed by atoms with E-state index in [1.54, 1.807) is 0 Å². The Labute approximate surface area is 204 Å². The Morgan fingerprint density at radius 2 is 0.579 bits per heavy atom. The zero-order valence-electron chi connectivity index (χ0n) is 14.1. The molecule has 0 amide bonds. The fourth-order valence-electron chi connectivity index (χ4n) is 0. The summed E-state index contributed by atoms with van der Waals surface area (Å²) in [5, 5.41) is 24.4. The van der Waals surface area contributed by atoms with Crippen molar-refractivity contribution >= 4 is 0 Å². The molecule has 0 aliphatic heterocycles. The molecule has 0 aromatic heterocycles. The fourth-order valence-corrected chi connectivity index (χ4v) is 0. The van der Waals surface area contributed by atoms with Crippen molar-refractivity contribution < 1.29 is 129 Å². The molecule has 112 valence electrons. The Morgan fingerprint density at radius 3 is 0.579 bits per heavy atom. The van der Waals surface area contributed by atoms with Gasteiger partial charge in [0, 0.05) is 19.8 Å². The van der Waals surface area contributed by atoms with E-state index in [0.717, 1.165) is 0 Å². The average molecular weight is 335 g/mol. The van der Waals surface area contributed by atoms with E-state index in [2.05, 4.69) is 0 Å². The molecular formula is C12H32K2O5. The van der Waals surface area contributed by atoms with Crippen molar-refractivity contribution in [3.63, 3.8) is 0 Å². The SMILES string of the molecule is CC(C)CO.CC(C)CO.CC(C)CO.[K+].[K+].[OH-].[OH-]. The molecule has 0 aromatic carbocycles. The van der Waals surface area contributed by atoms with Crippen LogP contribution in [0.2, 0.25) is 0 Å². The third kappa shape index (κ3) is 93.1. The van der Waals surface area contributed by atoms with Crippen LogP contribution in [-0.4, -0.2) is 46.1 Å². The Balaban J connectivity index is -0.0000000206. The van der Waals surface area contributed by atoms with E-state index in [1.165, 1.54) is 0 Å². The maximum atomic E-state index is 8.14. The standard InChI is InChI=1S/3C4H10O.2K.2H2O/c3*1-4(2)3-5;;;;/h3*4-5H,3H2,1-2H3;;;2*1H2/q;;;2*+1;;/p-2. The number of aliphatic hydroxyl groups excluding tert-OH is 3. The first kappa shape index (κ1) is 43.1. The molecule has 0 radical (unpaired) electrons. The summed E-state index contributed by atoms with van der Waals surface area (Å²) in [7, 11) is 0. The first-order valence-electron chi connectivity index (χ1n) is 5.64. The maximum Gasteiger partial charge on any atom is 1.00 e. The van der Waals surface area contributed by atoms with E-state index in [-0.39, 0.29) is 114 Å². The van der Waals surface area contributed by atoms with Crippen molar-refractivity contribution in [2.24, 2.45) is 17.8 Å². The summed E-state index contributed by atoms with van der Waals surface area (Å²) in [4.78, 5) is 0. The molecule has 0 bridgehead atoms. The zero-order chi connectivity index (χ0) is 12.9. The average Bonchev–Trinajstić information content (AvgIpc) is 2.19. The number of hydrogen-bond donors (Lipinski definition) is 3. The van der Waals surface area contributed by atoms with Gasteiger partial charge in [-0.2, -0.15) is 0 Å². The van der Waals surface area contributed by atoms with Gasteiger partial charge in [0.25, 0.3) is 0 Å². The van der Waals surface area contributed by atoms with Crippen molar-refractivity contribution in [2.45, 2.75) is 41.5 Å². The minimum absolute atomic E-state index is 0. The first-order chi connectivity index (χ1) is 6.81. The van der Waals surface area contributed by atoms with Gasteiger partial charge in [-0.15, -0.1) is 0 Å². The predicted octanol–water partition coefficient (Wildman–Crippen LogP) is -4.44. The van der Waals surface area contributed by atoms with E-state index in [1.807, 2.05) is 41.5 Å². The number of aliphatic hydroxyl groups is 3. The Morgan fingerprint density at radius 1 is 0.526 bits per heavy atom. The second kappa shape index (κ2) is 37.4. The van der Waals surface area contributed by atoms with Gasteiger partial charge in [-0.1, -0.05) is 41.5 Å². The molecule has 0 saturated carbocycles. The normalized spacial score (nSPS) is 7.58. The smallest absolute Gasteiger partial charge is 0.870 e. The van der Waals surface area contributed by atoms with Gasteiger partial charge in [-0.3, -0.25) is 0 Å². The predicted molar refractivity (Wildman–Crippen MR) is 69.6 cm³/mol. The van der Waals surface area contributed by atoms with Crippen LogP contribution in [0, 0.1) is 17.8 Å². The second-order valence-electron chi connectivity index (χ2n) is 4.73. The number of rotatable bonds is 3. The summed E-state index contributed by atoms with van der Waals surface area (Å²) in [6.07, 6.45) is 0. The summed E-state index contributed by atoms with van der Waals surface area (Å²) in [6, 6.07) is 0. The number of hydrogen-bond acceptors (Lipinski definition) is 5. The van der Waals surface area contributed by atoms with Crippen molar-refractivity contribution in [2.75, 3.05) is 19.8 Å². The molecule has 0 heterocycles. The van der Waals surface area contributed by atoms with Crippen molar-refractivity contribution in [1.82, 2.24) is 0 Å². The van der Waals surface area contributed by atoms with Crippen molar-refractivity contribution in [3.8, 4) is 0 Å². The van der Waals surface area contributed by atoms with Crippen LogP contribution >= 0.6 is 0 Å². The van der Waals surface area contributed by atoms with E-state index in [4.69, 9.17) is 15.3 Å². The monoisotopic (exact) mass is 334 g/mol. The summed E-state index contributed by atoms with van der Waals surface area (Å²) < 4.78 is 0. The minimum atomic E-state index is 0. The second-order valence-corrected chi connectivity index (χ2v) is 4.73. The molecule has 7 heteroatoms. The molecule has 0 fully saturated rings. The van der Waals surface area contributed by atoms with Crippen LogP contribution in [0.1, 0.15) is 41.5 Å². The molecule has 0 aliphatic rings. The van der Waals surface area contributed by atoms with Crippen LogP contribution in [0.25, 0.3) is 0 Å². The van der Waals surface area contributed by atoms with Gasteiger partial charge in [-0.05, 0) is 17.8 Å². The molecule has 0 aliphatic carbocycles. The van der Waals surface area contributed by atoms with E-state index in [0.29, 0.717) is 37.6 Å². The molecule has 0 atom stereocenters. The van der Waals surface area contributed by atoms with Gasteiger partial charge < -0.3 is 26.3 Å². The van der Waals surface area contributed by atoms with Gasteiger partial charge >= 0.3 is 103 Å². The van der Waals surface area contributed by atoms with Crippen LogP contribution in [0.5, 0.6) is 0 Å². The molecule has 0 saturated heterocycles. The molecule has 0 unspecified atom stereocenters. The van der Waals surface area contributed by atoms with Gasteiger partial charge in [0.1, 0.15) is 0 Å². The topological polar surface area (TPSA) is 121 Å². The molecule has 5 nitrogen and oxygen atoms in total. The van der Waals surface area contributed by atoms with E-state index in [9.17, 15) is 0 Å². The third-order valence-electron chi connectivity index (χ3n) is 1.10. The minimum Gasteiger partial charge on any atom is -0.870 e. The molecule has 0 rings (SSSR count). The summed E-state index contributed by atoms with van der Waals surface area (Å²) in [6.45, 7) is 12.7. The van der Waals surface area contributed by atoms with Gasteiger partial charge in [0.05, 0.1) is 0 Å². The van der Waals surface area contributed by atoms with Gasteiger partial charge in [-0.25, -0.2) is 0 Å². The maximum absolute atomic E-state index is 8.14. The van der Waals surface area contributed by atoms with Crippen LogP contribution in [0.3, 0.4) is 0 Å². The third-order valence-corrected chi connectivity index (χ3v) is 1.10. The largest absolute Gasteiger partial charge is 1.00 e. The first-order valence-corrected chi connectivity index (χ1v) is 5.64. The Bertz CT molecular complexity index is 85.1. The van der Waals surface area contributed by atoms with Crippen molar-refractivity contribution in [1.29, 1.82) is 0 Å². The zero-order valence-corrected chi connectivity index (χ0v) is 20.3. The molecule has 5 N–H and O–H groups in total. The van der Waals surface area contributed by atoms with Crippen LogP contribution < -0.4 is 103 Å².